The molecule has 1 atom stereocenters. The molecule has 9 heteroatoms. The van der Waals surface area contributed by atoms with Crippen LogP contribution >= 0.6 is 11.8 Å². The molecular formula is C18H16N4O4S. The van der Waals surface area contributed by atoms with Crippen LogP contribution in [0.15, 0.2) is 52.0 Å². The van der Waals surface area contributed by atoms with Crippen LogP contribution in [0.25, 0.3) is 0 Å². The second-order valence-corrected chi connectivity index (χ2v) is 6.93. The molecule has 1 aliphatic rings. The van der Waals surface area contributed by atoms with Crippen molar-refractivity contribution in [3.8, 4) is 6.07 Å². The van der Waals surface area contributed by atoms with Crippen LogP contribution in [0.5, 0.6) is 0 Å². The van der Waals surface area contributed by atoms with Gasteiger partial charge in [-0.25, -0.2) is 4.79 Å². The van der Waals surface area contributed by atoms with E-state index in [0.29, 0.717) is 11.4 Å². The van der Waals surface area contributed by atoms with Gasteiger partial charge in [-0.15, -0.1) is 11.8 Å². The predicted octanol–water partition coefficient (Wildman–Crippen LogP) is 2.30. The molecule has 2 heterocycles. The number of hydrogen-bond acceptors (Lipinski definition) is 6. The fourth-order valence-electron chi connectivity index (χ4n) is 2.71. The molecule has 0 aliphatic carbocycles. The van der Waals surface area contributed by atoms with Gasteiger partial charge in [0.1, 0.15) is 12.3 Å². The molecule has 27 heavy (non-hydrogen) atoms. The fourth-order valence-corrected chi connectivity index (χ4v) is 3.38. The Balaban J connectivity index is 1.71. The molecule has 1 aliphatic heterocycles. The normalized spacial score (nSPS) is 18.9. The summed E-state index contributed by atoms with van der Waals surface area (Å²) in [6, 6.07) is 11.6. The van der Waals surface area contributed by atoms with Crippen molar-refractivity contribution in [2.75, 3.05) is 17.6 Å². The van der Waals surface area contributed by atoms with Gasteiger partial charge in [-0.05, 0) is 31.2 Å². The third kappa shape index (κ3) is 3.66. The van der Waals surface area contributed by atoms with E-state index >= 15 is 0 Å². The number of carbonyl (C=O) groups excluding carboxylic acids is 3. The number of nitrogens with one attached hydrogen (secondary N) is 2. The Bertz CT molecular complexity index is 922. The number of amides is 4. The number of para-hydroxylation sites is 1. The number of thioether (sulfide) groups is 1. The van der Waals surface area contributed by atoms with Crippen molar-refractivity contribution in [1.82, 2.24) is 10.2 Å². The monoisotopic (exact) mass is 384 g/mol. The summed E-state index contributed by atoms with van der Waals surface area (Å²) in [5.74, 6) is -0.555. The van der Waals surface area contributed by atoms with Crippen molar-refractivity contribution in [2.45, 2.75) is 17.4 Å². The van der Waals surface area contributed by atoms with Crippen molar-refractivity contribution in [2.24, 2.45) is 0 Å². The van der Waals surface area contributed by atoms with E-state index in [4.69, 9.17) is 9.68 Å². The molecule has 3 rings (SSSR count). The zero-order valence-electron chi connectivity index (χ0n) is 14.4. The minimum Gasteiger partial charge on any atom is -0.466 e. The molecule has 1 unspecified atom stereocenters. The van der Waals surface area contributed by atoms with Gasteiger partial charge in [0.15, 0.2) is 5.54 Å². The number of anilines is 1. The van der Waals surface area contributed by atoms with Crippen molar-refractivity contribution in [1.29, 1.82) is 5.26 Å². The third-order valence-corrected chi connectivity index (χ3v) is 4.98. The number of urea groups is 1. The Kier molecular flexibility index (Phi) is 5.19. The molecule has 0 bridgehead atoms. The van der Waals surface area contributed by atoms with Gasteiger partial charge in [0, 0.05) is 4.90 Å². The summed E-state index contributed by atoms with van der Waals surface area (Å²) >= 11 is 1.28. The van der Waals surface area contributed by atoms with E-state index in [1.54, 1.807) is 36.4 Å². The number of benzene rings is 1. The predicted molar refractivity (Wildman–Crippen MR) is 97.7 cm³/mol. The van der Waals surface area contributed by atoms with Crippen LogP contribution in [-0.2, 0) is 15.1 Å². The number of nitrogens with zero attached hydrogens (tertiary/aromatic N) is 2. The number of nitriles is 1. The highest BCUT2D eigenvalue weighted by molar-refractivity contribution is 7.99. The lowest BCUT2D eigenvalue weighted by atomic mass is 9.99. The number of imide groups is 1. The Morgan fingerprint density at radius 3 is 2.81 bits per heavy atom. The Morgan fingerprint density at radius 2 is 2.11 bits per heavy atom. The summed E-state index contributed by atoms with van der Waals surface area (Å²) in [4.78, 5) is 38.9. The molecule has 8 nitrogen and oxygen atoms in total. The quantitative estimate of drug-likeness (QED) is 0.583. The minimum absolute atomic E-state index is 0.238. The highest BCUT2D eigenvalue weighted by Gasteiger charge is 2.51. The summed E-state index contributed by atoms with van der Waals surface area (Å²) in [5, 5.41) is 14.0. The Labute approximate surface area is 159 Å². The smallest absolute Gasteiger partial charge is 0.325 e. The Hall–Kier alpha value is -3.25. The van der Waals surface area contributed by atoms with Gasteiger partial charge < -0.3 is 15.1 Å². The molecule has 1 aromatic carbocycles. The summed E-state index contributed by atoms with van der Waals surface area (Å²) in [6.45, 7) is 1.09. The average molecular weight is 384 g/mol. The van der Waals surface area contributed by atoms with E-state index in [2.05, 4.69) is 10.6 Å². The van der Waals surface area contributed by atoms with Crippen LogP contribution in [0.2, 0.25) is 0 Å². The molecule has 4 amide bonds. The fraction of sp³-hybridized carbons (Fsp3) is 0.222. The van der Waals surface area contributed by atoms with E-state index in [1.807, 2.05) is 6.07 Å². The van der Waals surface area contributed by atoms with E-state index in [9.17, 15) is 14.4 Å². The first kappa shape index (κ1) is 18.5. The van der Waals surface area contributed by atoms with E-state index < -0.39 is 29.9 Å². The van der Waals surface area contributed by atoms with Gasteiger partial charge in [0.25, 0.3) is 5.91 Å². The van der Waals surface area contributed by atoms with Crippen LogP contribution < -0.4 is 10.6 Å². The second-order valence-electron chi connectivity index (χ2n) is 5.91. The highest BCUT2D eigenvalue weighted by Crippen LogP contribution is 2.29. The van der Waals surface area contributed by atoms with Crippen molar-refractivity contribution in [3.63, 3.8) is 0 Å². The van der Waals surface area contributed by atoms with Crippen LogP contribution in [0.3, 0.4) is 0 Å². The van der Waals surface area contributed by atoms with Crippen LogP contribution in [0.1, 0.15) is 12.7 Å². The molecule has 1 fully saturated rings. The first-order valence-electron chi connectivity index (χ1n) is 8.02. The number of furan rings is 1. The van der Waals surface area contributed by atoms with Gasteiger partial charge >= 0.3 is 6.03 Å². The van der Waals surface area contributed by atoms with Crippen molar-refractivity contribution in [3.05, 3.63) is 48.4 Å². The van der Waals surface area contributed by atoms with Gasteiger partial charge in [-0.1, -0.05) is 12.1 Å². The van der Waals surface area contributed by atoms with Crippen molar-refractivity contribution >= 4 is 35.3 Å². The Morgan fingerprint density at radius 1 is 1.33 bits per heavy atom. The maximum Gasteiger partial charge on any atom is 0.325 e. The average Bonchev–Trinajstić information content (AvgIpc) is 3.26. The zero-order valence-corrected chi connectivity index (χ0v) is 15.2. The molecule has 2 aromatic rings. The molecule has 0 saturated carbocycles. The maximum atomic E-state index is 12.7. The molecule has 1 saturated heterocycles. The van der Waals surface area contributed by atoms with E-state index in [1.165, 1.54) is 24.9 Å². The largest absolute Gasteiger partial charge is 0.466 e. The lowest BCUT2D eigenvalue weighted by Crippen LogP contribution is -2.41. The van der Waals surface area contributed by atoms with Gasteiger partial charge in [-0.3, -0.25) is 14.5 Å². The molecule has 2 N–H and O–H groups in total. The van der Waals surface area contributed by atoms with E-state index in [-0.39, 0.29) is 5.75 Å². The van der Waals surface area contributed by atoms with Gasteiger partial charge in [0.2, 0.25) is 5.91 Å². The first-order valence-corrected chi connectivity index (χ1v) is 9.01. The van der Waals surface area contributed by atoms with Crippen LogP contribution in [0.4, 0.5) is 10.5 Å². The number of carbonyl (C=O) groups is 3. The van der Waals surface area contributed by atoms with Crippen LogP contribution in [0, 0.1) is 11.3 Å². The second kappa shape index (κ2) is 7.55. The molecule has 0 radical (unpaired) electrons. The molecule has 0 spiro atoms. The third-order valence-electron chi connectivity index (χ3n) is 4.04. The van der Waals surface area contributed by atoms with Gasteiger partial charge in [0.05, 0.1) is 23.8 Å². The number of hydrogen-bond donors (Lipinski definition) is 2. The van der Waals surface area contributed by atoms with E-state index in [0.717, 1.165) is 9.80 Å². The number of rotatable bonds is 6. The standard InChI is InChI=1S/C18H16N4O4S/c1-18(14-7-4-9-26-14)16(24)22(17(25)21-18)11-15(23)20-12-5-2-3-6-13(12)27-10-8-19/h2-7,9H,10-11H2,1H3,(H,20,23)(H,21,25). The minimum atomic E-state index is -1.35. The molecule has 1 aromatic heterocycles. The highest BCUT2D eigenvalue weighted by atomic mass is 32.2. The lowest BCUT2D eigenvalue weighted by Gasteiger charge is -2.19. The van der Waals surface area contributed by atoms with Gasteiger partial charge in [-0.2, -0.15) is 5.26 Å². The summed E-state index contributed by atoms with van der Waals surface area (Å²) in [5.41, 5.74) is -0.829. The summed E-state index contributed by atoms with van der Waals surface area (Å²) in [7, 11) is 0. The lowest BCUT2D eigenvalue weighted by molar-refractivity contribution is -0.134. The SMILES string of the molecule is CC1(c2ccco2)NC(=O)N(CC(=O)Nc2ccccc2SCC#N)C1=O. The topological polar surface area (TPSA) is 115 Å². The first-order chi connectivity index (χ1) is 13.0. The summed E-state index contributed by atoms with van der Waals surface area (Å²) in [6.07, 6.45) is 1.41. The maximum absolute atomic E-state index is 12.7. The van der Waals surface area contributed by atoms with Crippen molar-refractivity contribution < 1.29 is 18.8 Å². The summed E-state index contributed by atoms with van der Waals surface area (Å²) < 4.78 is 5.25. The van der Waals surface area contributed by atoms with Crippen LogP contribution in [-0.4, -0.2) is 35.0 Å². The molecule has 138 valence electrons. The zero-order chi connectivity index (χ0) is 19.4. The molecular weight excluding hydrogens is 368 g/mol.